The Bertz CT molecular complexity index is 369. The van der Waals surface area contributed by atoms with E-state index in [1.807, 2.05) is 0 Å². The number of amides is 1. The second kappa shape index (κ2) is 4.70. The summed E-state index contributed by atoms with van der Waals surface area (Å²) in [4.78, 5) is 10.8. The molecule has 1 aliphatic rings. The zero-order valence-corrected chi connectivity index (χ0v) is 9.53. The first-order valence-corrected chi connectivity index (χ1v) is 5.77. The molecule has 0 saturated heterocycles. The molecule has 0 radical (unpaired) electrons. The van der Waals surface area contributed by atoms with E-state index in [1.165, 1.54) is 19.3 Å². The van der Waals surface area contributed by atoms with Crippen molar-refractivity contribution in [2.45, 2.75) is 38.8 Å². The molecule has 1 fully saturated rings. The third kappa shape index (κ3) is 3.10. The number of primary amides is 1. The molecule has 2 rings (SSSR count). The standard InChI is InChI=1S/C12H18N2O2/c1-8(6-9-2-3-9)14-7-10-4-5-11(16-10)12(13)15/h4-5,8-9,14H,2-3,6-7H2,1H3,(H2,13,15). The minimum atomic E-state index is -0.516. The maximum atomic E-state index is 10.8. The summed E-state index contributed by atoms with van der Waals surface area (Å²) in [5.41, 5.74) is 5.10. The van der Waals surface area contributed by atoms with Gasteiger partial charge in [-0.2, -0.15) is 0 Å². The van der Waals surface area contributed by atoms with E-state index < -0.39 is 5.91 Å². The van der Waals surface area contributed by atoms with Gasteiger partial charge in [0.25, 0.3) is 5.91 Å². The maximum absolute atomic E-state index is 10.8. The molecule has 0 bridgehead atoms. The summed E-state index contributed by atoms with van der Waals surface area (Å²) in [5, 5.41) is 3.38. The van der Waals surface area contributed by atoms with Gasteiger partial charge in [-0.15, -0.1) is 0 Å². The van der Waals surface area contributed by atoms with E-state index in [2.05, 4.69) is 12.2 Å². The minimum absolute atomic E-state index is 0.228. The van der Waals surface area contributed by atoms with Crippen LogP contribution in [0.15, 0.2) is 16.5 Å². The van der Waals surface area contributed by atoms with Gasteiger partial charge in [-0.05, 0) is 31.4 Å². The smallest absolute Gasteiger partial charge is 0.284 e. The van der Waals surface area contributed by atoms with Gasteiger partial charge in [0.15, 0.2) is 5.76 Å². The third-order valence-corrected chi connectivity index (χ3v) is 2.91. The maximum Gasteiger partial charge on any atom is 0.284 e. The Morgan fingerprint density at radius 1 is 1.62 bits per heavy atom. The summed E-state index contributed by atoms with van der Waals surface area (Å²) in [6.45, 7) is 2.83. The largest absolute Gasteiger partial charge is 0.455 e. The second-order valence-corrected chi connectivity index (χ2v) is 4.59. The van der Waals surface area contributed by atoms with Crippen LogP contribution in [-0.2, 0) is 6.54 Å². The third-order valence-electron chi connectivity index (χ3n) is 2.91. The van der Waals surface area contributed by atoms with Crippen molar-refractivity contribution in [2.75, 3.05) is 0 Å². The van der Waals surface area contributed by atoms with Crippen molar-refractivity contribution in [2.24, 2.45) is 11.7 Å². The molecule has 1 atom stereocenters. The number of carbonyl (C=O) groups excluding carboxylic acids is 1. The van der Waals surface area contributed by atoms with E-state index >= 15 is 0 Å². The van der Waals surface area contributed by atoms with Gasteiger partial charge in [0.1, 0.15) is 5.76 Å². The molecular formula is C12H18N2O2. The highest BCUT2D eigenvalue weighted by molar-refractivity contribution is 5.89. The van der Waals surface area contributed by atoms with Crippen molar-refractivity contribution in [1.82, 2.24) is 5.32 Å². The highest BCUT2D eigenvalue weighted by Crippen LogP contribution is 2.33. The number of furan rings is 1. The van der Waals surface area contributed by atoms with Crippen molar-refractivity contribution in [1.29, 1.82) is 0 Å². The SMILES string of the molecule is CC(CC1CC1)NCc1ccc(C(N)=O)o1. The van der Waals surface area contributed by atoms with Crippen LogP contribution >= 0.6 is 0 Å². The first-order valence-electron chi connectivity index (χ1n) is 5.77. The lowest BCUT2D eigenvalue weighted by atomic mass is 10.1. The number of hydrogen-bond acceptors (Lipinski definition) is 3. The summed E-state index contributed by atoms with van der Waals surface area (Å²) in [5.74, 6) is 1.39. The summed E-state index contributed by atoms with van der Waals surface area (Å²) in [7, 11) is 0. The van der Waals surface area contributed by atoms with Crippen molar-refractivity contribution in [3.63, 3.8) is 0 Å². The Balaban J connectivity index is 1.76. The summed E-state index contributed by atoms with van der Waals surface area (Å²) in [6.07, 6.45) is 3.97. The zero-order chi connectivity index (χ0) is 11.5. The van der Waals surface area contributed by atoms with Crippen LogP contribution in [0.4, 0.5) is 0 Å². The molecule has 1 aromatic heterocycles. The summed E-state index contributed by atoms with van der Waals surface area (Å²) < 4.78 is 5.28. The molecule has 3 N–H and O–H groups in total. The molecule has 1 unspecified atom stereocenters. The molecule has 0 spiro atoms. The van der Waals surface area contributed by atoms with Gasteiger partial charge in [-0.25, -0.2) is 0 Å². The highest BCUT2D eigenvalue weighted by Gasteiger charge is 2.23. The lowest BCUT2D eigenvalue weighted by Crippen LogP contribution is -2.25. The molecule has 4 heteroatoms. The molecule has 4 nitrogen and oxygen atoms in total. The average Bonchev–Trinajstić information content (AvgIpc) is 2.91. The van der Waals surface area contributed by atoms with E-state index in [9.17, 15) is 4.79 Å². The molecule has 1 saturated carbocycles. The van der Waals surface area contributed by atoms with Crippen LogP contribution in [0.5, 0.6) is 0 Å². The molecule has 16 heavy (non-hydrogen) atoms. The lowest BCUT2D eigenvalue weighted by molar-refractivity contribution is 0.0972. The van der Waals surface area contributed by atoms with Gasteiger partial charge in [-0.1, -0.05) is 12.8 Å². The van der Waals surface area contributed by atoms with Crippen LogP contribution in [-0.4, -0.2) is 11.9 Å². The number of carbonyl (C=O) groups is 1. The van der Waals surface area contributed by atoms with Crippen LogP contribution in [0, 0.1) is 5.92 Å². The van der Waals surface area contributed by atoms with Gasteiger partial charge in [0.05, 0.1) is 6.54 Å². The predicted octanol–water partition coefficient (Wildman–Crippen LogP) is 1.66. The van der Waals surface area contributed by atoms with Crippen molar-refractivity contribution < 1.29 is 9.21 Å². The van der Waals surface area contributed by atoms with Gasteiger partial charge >= 0.3 is 0 Å². The number of rotatable bonds is 6. The summed E-state index contributed by atoms with van der Waals surface area (Å²) >= 11 is 0. The monoisotopic (exact) mass is 222 g/mol. The number of nitrogens with two attached hydrogens (primary N) is 1. The fraction of sp³-hybridized carbons (Fsp3) is 0.583. The van der Waals surface area contributed by atoms with E-state index in [0.29, 0.717) is 12.6 Å². The predicted molar refractivity (Wildman–Crippen MR) is 60.9 cm³/mol. The average molecular weight is 222 g/mol. The molecule has 0 aromatic carbocycles. The molecule has 88 valence electrons. The molecule has 1 aromatic rings. The molecular weight excluding hydrogens is 204 g/mol. The quantitative estimate of drug-likeness (QED) is 0.769. The van der Waals surface area contributed by atoms with Crippen LogP contribution in [0.1, 0.15) is 42.5 Å². The van der Waals surface area contributed by atoms with Crippen molar-refractivity contribution in [3.8, 4) is 0 Å². The molecule has 0 aliphatic heterocycles. The Kier molecular flexibility index (Phi) is 3.29. The van der Waals surface area contributed by atoms with Gasteiger partial charge in [0, 0.05) is 6.04 Å². The molecule has 1 aliphatic carbocycles. The Hall–Kier alpha value is -1.29. The zero-order valence-electron chi connectivity index (χ0n) is 9.53. The number of hydrogen-bond donors (Lipinski definition) is 2. The Morgan fingerprint density at radius 3 is 2.94 bits per heavy atom. The van der Waals surface area contributed by atoms with Crippen molar-refractivity contribution in [3.05, 3.63) is 23.7 Å². The van der Waals surface area contributed by atoms with Crippen LogP contribution in [0.3, 0.4) is 0 Å². The highest BCUT2D eigenvalue weighted by atomic mass is 16.3. The Morgan fingerprint density at radius 2 is 2.38 bits per heavy atom. The topological polar surface area (TPSA) is 68.3 Å². The first-order chi connectivity index (χ1) is 7.65. The normalized spacial score (nSPS) is 17.3. The fourth-order valence-corrected chi connectivity index (χ4v) is 1.82. The summed E-state index contributed by atoms with van der Waals surface area (Å²) in [6, 6.07) is 3.90. The van der Waals surface area contributed by atoms with Crippen LogP contribution in [0.2, 0.25) is 0 Å². The molecule has 1 heterocycles. The first kappa shape index (κ1) is 11.2. The minimum Gasteiger partial charge on any atom is -0.455 e. The van der Waals surface area contributed by atoms with E-state index in [4.69, 9.17) is 10.2 Å². The lowest BCUT2D eigenvalue weighted by Gasteiger charge is -2.11. The van der Waals surface area contributed by atoms with E-state index in [1.54, 1.807) is 12.1 Å². The number of nitrogens with one attached hydrogen (secondary N) is 1. The molecule has 1 amide bonds. The van der Waals surface area contributed by atoms with E-state index in [0.717, 1.165) is 11.7 Å². The Labute approximate surface area is 95.2 Å². The second-order valence-electron chi connectivity index (χ2n) is 4.59. The van der Waals surface area contributed by atoms with E-state index in [-0.39, 0.29) is 5.76 Å². The fourth-order valence-electron chi connectivity index (χ4n) is 1.82. The van der Waals surface area contributed by atoms with Gasteiger partial charge < -0.3 is 15.5 Å². The van der Waals surface area contributed by atoms with Gasteiger partial charge in [-0.3, -0.25) is 4.79 Å². The van der Waals surface area contributed by atoms with Gasteiger partial charge in [0.2, 0.25) is 0 Å². The van der Waals surface area contributed by atoms with Crippen LogP contribution < -0.4 is 11.1 Å². The van der Waals surface area contributed by atoms with Crippen molar-refractivity contribution >= 4 is 5.91 Å². The van der Waals surface area contributed by atoms with Crippen LogP contribution in [0.25, 0.3) is 0 Å².